The number of ether oxygens (including phenoxy) is 1. The number of hydrogen-bond donors (Lipinski definition) is 1. The van der Waals surface area contributed by atoms with E-state index in [-0.39, 0.29) is 12.1 Å². The lowest BCUT2D eigenvalue weighted by Crippen LogP contribution is -2.22. The lowest BCUT2D eigenvalue weighted by Gasteiger charge is -2.20. The molecule has 1 aromatic heterocycles. The molecule has 0 spiro atoms. The Kier molecular flexibility index (Phi) is 4.86. The zero-order valence-electron chi connectivity index (χ0n) is 11.3. The maximum absolute atomic E-state index is 5.97. The largest absolute Gasteiger partial charge is 0.497 e. The first-order chi connectivity index (χ1) is 9.10. The molecule has 1 aromatic carbocycles. The van der Waals surface area contributed by atoms with Crippen LogP contribution in [0.4, 0.5) is 0 Å². The first-order valence-corrected chi connectivity index (χ1v) is 7.50. The molecular weight excluding hydrogens is 278 g/mol. The van der Waals surface area contributed by atoms with Crippen LogP contribution in [0.3, 0.4) is 0 Å². The molecule has 0 amide bonds. The molecular formula is C15H18ClNOS. The average molecular weight is 296 g/mol. The second-order valence-corrected chi connectivity index (χ2v) is 6.11. The van der Waals surface area contributed by atoms with Crippen LogP contribution >= 0.6 is 22.9 Å². The van der Waals surface area contributed by atoms with Gasteiger partial charge in [0, 0.05) is 12.1 Å². The fourth-order valence-corrected chi connectivity index (χ4v) is 3.00. The van der Waals surface area contributed by atoms with Gasteiger partial charge in [0.15, 0.2) is 0 Å². The number of hydrogen-bond acceptors (Lipinski definition) is 3. The van der Waals surface area contributed by atoms with Gasteiger partial charge < -0.3 is 10.1 Å². The van der Waals surface area contributed by atoms with Crippen LogP contribution in [0.2, 0.25) is 4.34 Å². The molecule has 19 heavy (non-hydrogen) atoms. The lowest BCUT2D eigenvalue weighted by atomic mass is 10.1. The highest BCUT2D eigenvalue weighted by Gasteiger charge is 2.12. The van der Waals surface area contributed by atoms with E-state index in [9.17, 15) is 0 Å². The molecule has 0 aliphatic heterocycles. The summed E-state index contributed by atoms with van der Waals surface area (Å²) in [6.45, 7) is 4.31. The predicted octanol–water partition coefficient (Wildman–Crippen LogP) is 4.82. The average Bonchev–Trinajstić information content (AvgIpc) is 2.85. The Hall–Kier alpha value is -1.03. The third-order valence-corrected chi connectivity index (χ3v) is 4.31. The standard InChI is InChI=1S/C15H18ClNOS/c1-10(12-4-6-14(18-3)7-5-12)17-11(2)13-8-15(16)19-9-13/h4-11,17H,1-3H3/t10-,11?/m1/s1. The monoisotopic (exact) mass is 295 g/mol. The van der Waals surface area contributed by atoms with Gasteiger partial charge in [-0.2, -0.15) is 0 Å². The van der Waals surface area contributed by atoms with Crippen molar-refractivity contribution in [1.29, 1.82) is 0 Å². The number of rotatable bonds is 5. The molecule has 0 saturated carbocycles. The molecule has 102 valence electrons. The van der Waals surface area contributed by atoms with E-state index in [1.165, 1.54) is 11.1 Å². The van der Waals surface area contributed by atoms with Crippen molar-refractivity contribution in [2.75, 3.05) is 7.11 Å². The molecule has 2 nitrogen and oxygen atoms in total. The quantitative estimate of drug-likeness (QED) is 0.853. The molecule has 4 heteroatoms. The zero-order valence-corrected chi connectivity index (χ0v) is 12.9. The van der Waals surface area contributed by atoms with Crippen LogP contribution in [0.15, 0.2) is 35.7 Å². The van der Waals surface area contributed by atoms with Gasteiger partial charge in [0.1, 0.15) is 5.75 Å². The van der Waals surface area contributed by atoms with Crippen molar-refractivity contribution in [3.05, 3.63) is 51.2 Å². The summed E-state index contributed by atoms with van der Waals surface area (Å²) in [4.78, 5) is 0. The van der Waals surface area contributed by atoms with Crippen LogP contribution in [0.5, 0.6) is 5.75 Å². The Bertz CT molecular complexity index is 523. The number of benzene rings is 1. The first kappa shape index (κ1) is 14.4. The van der Waals surface area contributed by atoms with E-state index in [0.29, 0.717) is 0 Å². The van der Waals surface area contributed by atoms with Crippen LogP contribution in [0.25, 0.3) is 0 Å². The maximum atomic E-state index is 5.97. The molecule has 0 bridgehead atoms. The highest BCUT2D eigenvalue weighted by molar-refractivity contribution is 7.14. The van der Waals surface area contributed by atoms with E-state index in [1.807, 2.05) is 18.2 Å². The van der Waals surface area contributed by atoms with Crippen molar-refractivity contribution in [1.82, 2.24) is 5.32 Å². The third kappa shape index (κ3) is 3.72. The Labute approximate surface area is 123 Å². The smallest absolute Gasteiger partial charge is 0.118 e. The summed E-state index contributed by atoms with van der Waals surface area (Å²) in [7, 11) is 1.68. The Balaban J connectivity index is 2.01. The van der Waals surface area contributed by atoms with E-state index in [4.69, 9.17) is 16.3 Å². The molecule has 0 saturated heterocycles. The van der Waals surface area contributed by atoms with Crippen LogP contribution < -0.4 is 10.1 Å². The Morgan fingerprint density at radius 2 is 1.74 bits per heavy atom. The van der Waals surface area contributed by atoms with Gasteiger partial charge in [0.2, 0.25) is 0 Å². The second-order valence-electron chi connectivity index (χ2n) is 4.57. The summed E-state index contributed by atoms with van der Waals surface area (Å²) in [5, 5.41) is 5.67. The second kappa shape index (κ2) is 6.42. The van der Waals surface area contributed by atoms with E-state index in [0.717, 1.165) is 10.1 Å². The van der Waals surface area contributed by atoms with Crippen molar-refractivity contribution in [3.63, 3.8) is 0 Å². The van der Waals surface area contributed by atoms with Gasteiger partial charge in [-0.1, -0.05) is 23.7 Å². The van der Waals surface area contributed by atoms with Gasteiger partial charge in [0.05, 0.1) is 11.4 Å². The summed E-state index contributed by atoms with van der Waals surface area (Å²) < 4.78 is 6.00. The molecule has 1 heterocycles. The van der Waals surface area contributed by atoms with Crippen molar-refractivity contribution in [2.45, 2.75) is 25.9 Å². The zero-order chi connectivity index (χ0) is 13.8. The molecule has 2 aromatic rings. The number of thiophene rings is 1. The number of methoxy groups -OCH3 is 1. The normalized spacial score (nSPS) is 14.1. The van der Waals surface area contributed by atoms with Gasteiger partial charge in [-0.25, -0.2) is 0 Å². The van der Waals surface area contributed by atoms with Crippen LogP contribution in [-0.4, -0.2) is 7.11 Å². The predicted molar refractivity (Wildman–Crippen MR) is 82.3 cm³/mol. The van der Waals surface area contributed by atoms with Gasteiger partial charge >= 0.3 is 0 Å². The van der Waals surface area contributed by atoms with Gasteiger partial charge in [-0.3, -0.25) is 0 Å². The summed E-state index contributed by atoms with van der Waals surface area (Å²) in [5.74, 6) is 0.883. The Morgan fingerprint density at radius 1 is 1.11 bits per heavy atom. The van der Waals surface area contributed by atoms with Crippen LogP contribution in [0, 0.1) is 0 Å². The maximum Gasteiger partial charge on any atom is 0.118 e. The van der Waals surface area contributed by atoms with Crippen molar-refractivity contribution >= 4 is 22.9 Å². The molecule has 0 fully saturated rings. The summed E-state index contributed by atoms with van der Waals surface area (Å²) >= 11 is 7.54. The minimum Gasteiger partial charge on any atom is -0.497 e. The minimum atomic E-state index is 0.277. The SMILES string of the molecule is COc1ccc([C@@H](C)NC(C)c2csc(Cl)c2)cc1. The Morgan fingerprint density at radius 3 is 2.26 bits per heavy atom. The third-order valence-electron chi connectivity index (χ3n) is 3.20. The molecule has 0 aliphatic rings. The molecule has 2 rings (SSSR count). The fraction of sp³-hybridized carbons (Fsp3) is 0.333. The summed E-state index contributed by atoms with van der Waals surface area (Å²) in [5.41, 5.74) is 2.48. The number of nitrogens with one attached hydrogen (secondary N) is 1. The minimum absolute atomic E-state index is 0.277. The van der Waals surface area contributed by atoms with E-state index >= 15 is 0 Å². The van der Waals surface area contributed by atoms with Gasteiger partial charge in [0.25, 0.3) is 0 Å². The van der Waals surface area contributed by atoms with Crippen LogP contribution in [0.1, 0.15) is 37.1 Å². The first-order valence-electron chi connectivity index (χ1n) is 6.24. The lowest BCUT2D eigenvalue weighted by molar-refractivity contribution is 0.414. The van der Waals surface area contributed by atoms with Crippen molar-refractivity contribution < 1.29 is 4.74 Å². The van der Waals surface area contributed by atoms with Gasteiger partial charge in [-0.15, -0.1) is 11.3 Å². The summed E-state index contributed by atoms with van der Waals surface area (Å²) in [6.07, 6.45) is 0. The van der Waals surface area contributed by atoms with Crippen LogP contribution in [-0.2, 0) is 0 Å². The van der Waals surface area contributed by atoms with E-state index < -0.39 is 0 Å². The van der Waals surface area contributed by atoms with E-state index in [1.54, 1.807) is 18.4 Å². The molecule has 2 atom stereocenters. The highest BCUT2D eigenvalue weighted by Crippen LogP contribution is 2.27. The summed E-state index contributed by atoms with van der Waals surface area (Å²) in [6, 6.07) is 10.7. The molecule has 1 N–H and O–H groups in total. The fourth-order valence-electron chi connectivity index (χ4n) is 2.01. The topological polar surface area (TPSA) is 21.3 Å². The van der Waals surface area contributed by atoms with Gasteiger partial charge in [-0.05, 0) is 48.6 Å². The van der Waals surface area contributed by atoms with E-state index in [2.05, 4.69) is 36.7 Å². The van der Waals surface area contributed by atoms with Crippen molar-refractivity contribution in [2.24, 2.45) is 0 Å². The molecule has 0 radical (unpaired) electrons. The number of halogens is 1. The molecule has 1 unspecified atom stereocenters. The highest BCUT2D eigenvalue weighted by atomic mass is 35.5. The van der Waals surface area contributed by atoms with Crippen molar-refractivity contribution in [3.8, 4) is 5.75 Å². The molecule has 0 aliphatic carbocycles.